The quantitative estimate of drug-likeness (QED) is 0.842. The maximum absolute atomic E-state index is 12.1. The maximum Gasteiger partial charge on any atom is 0.231 e. The van der Waals surface area contributed by atoms with Crippen molar-refractivity contribution in [3.05, 3.63) is 23.8 Å². The van der Waals surface area contributed by atoms with E-state index < -0.39 is 0 Å². The highest BCUT2D eigenvalue weighted by Gasteiger charge is 2.30. The largest absolute Gasteiger partial charge is 0.388 e. The van der Waals surface area contributed by atoms with Crippen LogP contribution in [0.15, 0.2) is 18.2 Å². The van der Waals surface area contributed by atoms with E-state index in [2.05, 4.69) is 22.8 Å². The molecule has 2 N–H and O–H groups in total. The minimum atomic E-state index is 0.241. The highest BCUT2D eigenvalue weighted by molar-refractivity contribution is 6.01. The zero-order valence-corrected chi connectivity index (χ0v) is 10.7. The summed E-state index contributed by atoms with van der Waals surface area (Å²) >= 11 is 0. The molecule has 0 aliphatic carbocycles. The van der Waals surface area contributed by atoms with Crippen molar-refractivity contribution in [1.82, 2.24) is 5.32 Å². The van der Waals surface area contributed by atoms with Crippen LogP contribution in [0, 0.1) is 5.92 Å². The van der Waals surface area contributed by atoms with Gasteiger partial charge in [-0.1, -0.05) is 0 Å². The van der Waals surface area contributed by atoms with Crippen molar-refractivity contribution in [2.24, 2.45) is 5.92 Å². The van der Waals surface area contributed by atoms with Crippen LogP contribution in [0.3, 0.4) is 0 Å². The van der Waals surface area contributed by atoms with Crippen molar-refractivity contribution in [3.8, 4) is 0 Å². The Morgan fingerprint density at radius 3 is 3.11 bits per heavy atom. The van der Waals surface area contributed by atoms with E-state index in [0.29, 0.717) is 12.3 Å². The molecule has 2 aliphatic heterocycles. The van der Waals surface area contributed by atoms with Gasteiger partial charge in [-0.15, -0.1) is 0 Å². The fourth-order valence-electron chi connectivity index (χ4n) is 2.87. The van der Waals surface area contributed by atoms with Gasteiger partial charge >= 0.3 is 0 Å². The summed E-state index contributed by atoms with van der Waals surface area (Å²) in [6, 6.07) is 6.19. The topological polar surface area (TPSA) is 44.4 Å². The van der Waals surface area contributed by atoms with Gasteiger partial charge in [0.25, 0.3) is 0 Å². The molecule has 0 saturated carbocycles. The number of nitrogens with one attached hydrogen (secondary N) is 2. The summed E-state index contributed by atoms with van der Waals surface area (Å²) < 4.78 is 0. The second-order valence-electron chi connectivity index (χ2n) is 5.13. The highest BCUT2D eigenvalue weighted by atomic mass is 16.2. The molecule has 1 unspecified atom stereocenters. The summed E-state index contributed by atoms with van der Waals surface area (Å²) in [5, 5.41) is 6.48. The van der Waals surface area contributed by atoms with Gasteiger partial charge in [0.1, 0.15) is 0 Å². The number of carbonyl (C=O) groups is 1. The number of hydrogen-bond acceptors (Lipinski definition) is 3. The van der Waals surface area contributed by atoms with Crippen molar-refractivity contribution in [2.75, 3.05) is 36.9 Å². The number of nitrogens with zero attached hydrogens (tertiary/aromatic N) is 1. The third-order valence-electron chi connectivity index (χ3n) is 3.90. The van der Waals surface area contributed by atoms with Crippen molar-refractivity contribution in [2.45, 2.75) is 12.8 Å². The number of benzene rings is 1. The van der Waals surface area contributed by atoms with E-state index in [9.17, 15) is 4.79 Å². The predicted octanol–water partition coefficient (Wildman–Crippen LogP) is 1.23. The Bertz CT molecular complexity index is 466. The summed E-state index contributed by atoms with van der Waals surface area (Å²) in [5.74, 6) is 0.842. The number of carbonyl (C=O) groups excluding carboxylic acids is 1. The highest BCUT2D eigenvalue weighted by Crippen LogP contribution is 2.32. The first-order valence-corrected chi connectivity index (χ1v) is 6.59. The maximum atomic E-state index is 12.1. The standard InChI is InChI=1S/C14H19N3O/c1-15-12-2-3-13-11(6-12)7-14(18)17(13)9-10-4-5-16-8-10/h2-3,6,10,15-16H,4-5,7-9H2,1H3. The van der Waals surface area contributed by atoms with E-state index in [1.165, 1.54) is 6.42 Å². The van der Waals surface area contributed by atoms with Crippen LogP contribution in [0.2, 0.25) is 0 Å². The molecule has 0 spiro atoms. The predicted molar refractivity (Wildman–Crippen MR) is 73.0 cm³/mol. The second kappa shape index (κ2) is 4.61. The molecule has 2 aliphatic rings. The summed E-state index contributed by atoms with van der Waals surface area (Å²) in [7, 11) is 1.90. The molecule has 18 heavy (non-hydrogen) atoms. The first kappa shape index (κ1) is 11.5. The van der Waals surface area contributed by atoms with Crippen LogP contribution in [0.4, 0.5) is 11.4 Å². The van der Waals surface area contributed by atoms with Gasteiger partial charge in [0.05, 0.1) is 6.42 Å². The Labute approximate surface area is 107 Å². The fraction of sp³-hybridized carbons (Fsp3) is 0.500. The van der Waals surface area contributed by atoms with E-state index in [4.69, 9.17) is 0 Å². The van der Waals surface area contributed by atoms with E-state index in [-0.39, 0.29) is 5.91 Å². The third kappa shape index (κ3) is 1.97. The number of anilines is 2. The van der Waals surface area contributed by atoms with Crippen molar-refractivity contribution in [3.63, 3.8) is 0 Å². The smallest absolute Gasteiger partial charge is 0.231 e. The van der Waals surface area contributed by atoms with Gasteiger partial charge in [0.15, 0.2) is 0 Å². The zero-order valence-electron chi connectivity index (χ0n) is 10.7. The molecule has 0 radical (unpaired) electrons. The van der Waals surface area contributed by atoms with Crippen molar-refractivity contribution in [1.29, 1.82) is 0 Å². The van der Waals surface area contributed by atoms with E-state index in [1.54, 1.807) is 0 Å². The zero-order chi connectivity index (χ0) is 12.5. The molecule has 3 rings (SSSR count). The Morgan fingerprint density at radius 2 is 2.39 bits per heavy atom. The Morgan fingerprint density at radius 1 is 1.50 bits per heavy atom. The average molecular weight is 245 g/mol. The van der Waals surface area contributed by atoms with Crippen LogP contribution < -0.4 is 15.5 Å². The van der Waals surface area contributed by atoms with Crippen LogP contribution in [-0.4, -0.2) is 32.6 Å². The number of hydrogen-bond donors (Lipinski definition) is 2. The molecule has 1 saturated heterocycles. The van der Waals surface area contributed by atoms with Gasteiger partial charge in [-0.05, 0) is 49.2 Å². The fourth-order valence-corrected chi connectivity index (χ4v) is 2.87. The molecular weight excluding hydrogens is 226 g/mol. The SMILES string of the molecule is CNc1ccc2c(c1)CC(=O)N2CC1CCNC1. The monoisotopic (exact) mass is 245 g/mol. The first-order chi connectivity index (χ1) is 8.78. The molecule has 1 atom stereocenters. The van der Waals surface area contributed by atoms with Gasteiger partial charge in [-0.2, -0.15) is 0 Å². The van der Waals surface area contributed by atoms with Gasteiger partial charge in [0, 0.05) is 25.0 Å². The number of rotatable bonds is 3. The van der Waals surface area contributed by atoms with Crippen molar-refractivity contribution >= 4 is 17.3 Å². The van der Waals surface area contributed by atoms with Crippen LogP contribution in [0.1, 0.15) is 12.0 Å². The summed E-state index contributed by atoms with van der Waals surface area (Å²) in [6.45, 7) is 2.98. The van der Waals surface area contributed by atoms with Gasteiger partial charge in [0.2, 0.25) is 5.91 Å². The van der Waals surface area contributed by atoms with E-state index >= 15 is 0 Å². The average Bonchev–Trinajstić information content (AvgIpc) is 2.98. The Balaban J connectivity index is 1.82. The lowest BCUT2D eigenvalue weighted by molar-refractivity contribution is -0.117. The van der Waals surface area contributed by atoms with E-state index in [1.807, 2.05) is 18.0 Å². The summed E-state index contributed by atoms with van der Waals surface area (Å²) in [4.78, 5) is 14.1. The molecule has 1 amide bonds. The molecule has 1 fully saturated rings. The summed E-state index contributed by atoms with van der Waals surface area (Å²) in [5.41, 5.74) is 3.33. The first-order valence-electron chi connectivity index (χ1n) is 6.59. The van der Waals surface area contributed by atoms with Crippen LogP contribution in [-0.2, 0) is 11.2 Å². The summed E-state index contributed by atoms with van der Waals surface area (Å²) in [6.07, 6.45) is 1.72. The molecule has 1 aromatic carbocycles. The lowest BCUT2D eigenvalue weighted by Crippen LogP contribution is -2.33. The van der Waals surface area contributed by atoms with Gasteiger partial charge in [-0.25, -0.2) is 0 Å². The normalized spacial score (nSPS) is 22.4. The minimum Gasteiger partial charge on any atom is -0.388 e. The molecule has 4 nitrogen and oxygen atoms in total. The molecule has 4 heteroatoms. The second-order valence-corrected chi connectivity index (χ2v) is 5.13. The lowest BCUT2D eigenvalue weighted by Gasteiger charge is -2.21. The molecule has 0 bridgehead atoms. The molecule has 96 valence electrons. The Hall–Kier alpha value is -1.55. The number of amides is 1. The van der Waals surface area contributed by atoms with Crippen LogP contribution in [0.25, 0.3) is 0 Å². The van der Waals surface area contributed by atoms with E-state index in [0.717, 1.165) is 36.6 Å². The molecule has 1 aromatic rings. The molecule has 0 aromatic heterocycles. The van der Waals surface area contributed by atoms with Gasteiger partial charge < -0.3 is 15.5 Å². The van der Waals surface area contributed by atoms with Gasteiger partial charge in [-0.3, -0.25) is 4.79 Å². The molecular formula is C14H19N3O. The van der Waals surface area contributed by atoms with Crippen molar-refractivity contribution < 1.29 is 4.79 Å². The number of fused-ring (bicyclic) bond motifs is 1. The molecule has 2 heterocycles. The van der Waals surface area contributed by atoms with Crippen LogP contribution in [0.5, 0.6) is 0 Å². The minimum absolute atomic E-state index is 0.241. The van der Waals surface area contributed by atoms with Crippen LogP contribution >= 0.6 is 0 Å². The third-order valence-corrected chi connectivity index (χ3v) is 3.90. The lowest BCUT2D eigenvalue weighted by atomic mass is 10.1. The Kier molecular flexibility index (Phi) is 2.96.